The van der Waals surface area contributed by atoms with Gasteiger partial charge in [0, 0.05) is 19.2 Å². The van der Waals surface area contributed by atoms with Crippen molar-refractivity contribution in [2.75, 3.05) is 20.2 Å². The van der Waals surface area contributed by atoms with Crippen LogP contribution < -0.4 is 4.74 Å². The van der Waals surface area contributed by atoms with E-state index in [1.807, 2.05) is 29.2 Å². The first-order chi connectivity index (χ1) is 10.8. The van der Waals surface area contributed by atoms with Crippen molar-refractivity contribution in [1.29, 1.82) is 0 Å². The molecule has 1 aliphatic heterocycles. The Balaban J connectivity index is 1.82. The average molecular weight is 300 g/mol. The summed E-state index contributed by atoms with van der Waals surface area (Å²) < 4.78 is 10.7. The Hall–Kier alpha value is -2.30. The molecule has 22 heavy (non-hydrogen) atoms. The lowest BCUT2D eigenvalue weighted by molar-refractivity contribution is 0.0751. The van der Waals surface area contributed by atoms with Gasteiger partial charge in [0.1, 0.15) is 5.75 Å². The van der Waals surface area contributed by atoms with E-state index in [4.69, 9.17) is 9.26 Å². The van der Waals surface area contributed by atoms with E-state index in [0.29, 0.717) is 17.2 Å². The maximum Gasteiger partial charge on any atom is 0.276 e. The lowest BCUT2D eigenvalue weighted by atomic mass is 10.1. The molecule has 0 spiro atoms. The molecular formula is C17H20N2O3. The highest BCUT2D eigenvalue weighted by molar-refractivity contribution is 5.93. The molecule has 1 saturated heterocycles. The maximum atomic E-state index is 12.5. The van der Waals surface area contributed by atoms with Gasteiger partial charge in [0.05, 0.1) is 12.7 Å². The van der Waals surface area contributed by atoms with Gasteiger partial charge in [-0.05, 0) is 25.0 Å². The maximum absolute atomic E-state index is 12.5. The molecule has 0 saturated carbocycles. The Morgan fingerprint density at radius 3 is 2.64 bits per heavy atom. The second-order valence-corrected chi connectivity index (χ2v) is 5.48. The second kappa shape index (κ2) is 6.64. The van der Waals surface area contributed by atoms with Crippen molar-refractivity contribution in [3.63, 3.8) is 0 Å². The average Bonchev–Trinajstić information content (AvgIpc) is 2.89. The van der Waals surface area contributed by atoms with Gasteiger partial charge in [-0.25, -0.2) is 0 Å². The van der Waals surface area contributed by atoms with E-state index in [-0.39, 0.29) is 5.91 Å². The largest absolute Gasteiger partial charge is 0.496 e. The summed E-state index contributed by atoms with van der Waals surface area (Å²) in [6, 6.07) is 9.23. The van der Waals surface area contributed by atoms with Crippen LogP contribution in [0.5, 0.6) is 5.75 Å². The molecule has 0 atom stereocenters. The number of aromatic nitrogens is 1. The summed E-state index contributed by atoms with van der Waals surface area (Å²) in [6.45, 7) is 1.60. The monoisotopic (exact) mass is 300 g/mol. The number of benzene rings is 1. The lowest BCUT2D eigenvalue weighted by Crippen LogP contribution is -2.31. The minimum atomic E-state index is -0.0493. The summed E-state index contributed by atoms with van der Waals surface area (Å²) in [5, 5.41) is 3.95. The fraction of sp³-hybridized carbons (Fsp3) is 0.412. The normalized spacial score (nSPS) is 15.4. The summed E-state index contributed by atoms with van der Waals surface area (Å²) in [5.74, 6) is 1.20. The zero-order valence-electron chi connectivity index (χ0n) is 12.7. The predicted octanol–water partition coefficient (Wildman–Crippen LogP) is 3.37. The number of carbonyl (C=O) groups excluding carboxylic acids is 1. The summed E-state index contributed by atoms with van der Waals surface area (Å²) in [4.78, 5) is 14.4. The van der Waals surface area contributed by atoms with Gasteiger partial charge < -0.3 is 14.2 Å². The van der Waals surface area contributed by atoms with E-state index in [1.54, 1.807) is 13.2 Å². The van der Waals surface area contributed by atoms with E-state index >= 15 is 0 Å². The van der Waals surface area contributed by atoms with Crippen LogP contribution in [0, 0.1) is 0 Å². The number of carbonyl (C=O) groups is 1. The van der Waals surface area contributed by atoms with Crippen molar-refractivity contribution in [3.8, 4) is 17.1 Å². The highest BCUT2D eigenvalue weighted by Crippen LogP contribution is 2.30. The molecule has 1 aromatic heterocycles. The Morgan fingerprint density at radius 2 is 1.91 bits per heavy atom. The van der Waals surface area contributed by atoms with Crippen molar-refractivity contribution in [1.82, 2.24) is 10.1 Å². The molecule has 2 aromatic rings. The molecule has 0 bridgehead atoms. The van der Waals surface area contributed by atoms with Crippen LogP contribution >= 0.6 is 0 Å². The molecule has 3 rings (SSSR count). The molecule has 0 unspecified atom stereocenters. The minimum absolute atomic E-state index is 0.0493. The summed E-state index contributed by atoms with van der Waals surface area (Å²) in [6.07, 6.45) is 4.50. The van der Waals surface area contributed by atoms with Gasteiger partial charge in [-0.1, -0.05) is 30.1 Å². The number of likely N-dealkylation sites (tertiary alicyclic amines) is 1. The SMILES string of the molecule is COc1ccccc1-c1cc(C(=O)N2CCCCCC2)no1. The van der Waals surface area contributed by atoms with Crippen LogP contribution in [0.25, 0.3) is 11.3 Å². The highest BCUT2D eigenvalue weighted by Gasteiger charge is 2.22. The topological polar surface area (TPSA) is 55.6 Å². The van der Waals surface area contributed by atoms with E-state index in [9.17, 15) is 4.79 Å². The molecule has 0 radical (unpaired) electrons. The third-order valence-electron chi connectivity index (χ3n) is 3.99. The van der Waals surface area contributed by atoms with Gasteiger partial charge >= 0.3 is 0 Å². The first kappa shape index (κ1) is 14.6. The fourth-order valence-electron chi connectivity index (χ4n) is 2.79. The number of rotatable bonds is 3. The van der Waals surface area contributed by atoms with Crippen LogP contribution in [-0.4, -0.2) is 36.2 Å². The quantitative estimate of drug-likeness (QED) is 0.872. The smallest absolute Gasteiger partial charge is 0.276 e. The number of para-hydroxylation sites is 1. The third-order valence-corrected chi connectivity index (χ3v) is 3.99. The first-order valence-corrected chi connectivity index (χ1v) is 7.69. The summed E-state index contributed by atoms with van der Waals surface area (Å²) in [7, 11) is 1.61. The molecule has 5 nitrogen and oxygen atoms in total. The molecule has 1 aromatic carbocycles. The van der Waals surface area contributed by atoms with Crippen LogP contribution in [0.15, 0.2) is 34.9 Å². The second-order valence-electron chi connectivity index (χ2n) is 5.48. The van der Waals surface area contributed by atoms with Gasteiger partial charge in [0.2, 0.25) is 0 Å². The molecule has 1 fully saturated rings. The lowest BCUT2D eigenvalue weighted by Gasteiger charge is -2.18. The van der Waals surface area contributed by atoms with Crippen LogP contribution in [0.4, 0.5) is 0 Å². The number of nitrogens with zero attached hydrogens (tertiary/aromatic N) is 2. The van der Waals surface area contributed by atoms with Crippen LogP contribution in [-0.2, 0) is 0 Å². The highest BCUT2D eigenvalue weighted by atomic mass is 16.5. The first-order valence-electron chi connectivity index (χ1n) is 7.69. The molecular weight excluding hydrogens is 280 g/mol. The summed E-state index contributed by atoms with van der Waals surface area (Å²) in [5.41, 5.74) is 1.16. The number of hydrogen-bond donors (Lipinski definition) is 0. The van der Waals surface area contributed by atoms with Crippen molar-refractivity contribution in [2.45, 2.75) is 25.7 Å². The van der Waals surface area contributed by atoms with Crippen LogP contribution in [0.1, 0.15) is 36.2 Å². The van der Waals surface area contributed by atoms with E-state index in [1.165, 1.54) is 12.8 Å². The van der Waals surface area contributed by atoms with Gasteiger partial charge in [-0.2, -0.15) is 0 Å². The Morgan fingerprint density at radius 1 is 1.18 bits per heavy atom. The van der Waals surface area contributed by atoms with E-state index < -0.39 is 0 Å². The molecule has 5 heteroatoms. The van der Waals surface area contributed by atoms with Gasteiger partial charge in [-0.3, -0.25) is 4.79 Å². The Kier molecular flexibility index (Phi) is 4.42. The Bertz CT molecular complexity index is 643. The van der Waals surface area contributed by atoms with Crippen molar-refractivity contribution in [2.24, 2.45) is 0 Å². The number of hydrogen-bond acceptors (Lipinski definition) is 4. The third kappa shape index (κ3) is 2.98. The van der Waals surface area contributed by atoms with Crippen LogP contribution in [0.2, 0.25) is 0 Å². The summed E-state index contributed by atoms with van der Waals surface area (Å²) >= 11 is 0. The van der Waals surface area contributed by atoms with Gasteiger partial charge in [-0.15, -0.1) is 0 Å². The van der Waals surface area contributed by atoms with Gasteiger partial charge in [0.25, 0.3) is 5.91 Å². The van der Waals surface area contributed by atoms with Crippen molar-refractivity contribution >= 4 is 5.91 Å². The molecule has 1 amide bonds. The number of methoxy groups -OCH3 is 1. The standard InChI is InChI=1S/C17H20N2O3/c1-21-15-9-5-4-8-13(15)16-12-14(18-22-16)17(20)19-10-6-2-3-7-11-19/h4-5,8-9,12H,2-3,6-7,10-11H2,1H3. The molecule has 0 N–H and O–H groups in total. The fourth-order valence-corrected chi connectivity index (χ4v) is 2.79. The van der Waals surface area contributed by atoms with Crippen LogP contribution in [0.3, 0.4) is 0 Å². The van der Waals surface area contributed by atoms with Gasteiger partial charge in [0.15, 0.2) is 11.5 Å². The molecule has 2 heterocycles. The predicted molar refractivity (Wildman–Crippen MR) is 82.9 cm³/mol. The zero-order chi connectivity index (χ0) is 15.4. The number of amides is 1. The minimum Gasteiger partial charge on any atom is -0.496 e. The molecule has 0 aliphatic carbocycles. The zero-order valence-corrected chi connectivity index (χ0v) is 12.7. The molecule has 116 valence electrons. The van der Waals surface area contributed by atoms with Crippen molar-refractivity contribution < 1.29 is 14.1 Å². The number of ether oxygens (including phenoxy) is 1. The van der Waals surface area contributed by atoms with Crippen molar-refractivity contribution in [3.05, 3.63) is 36.0 Å². The van der Waals surface area contributed by atoms with E-state index in [0.717, 1.165) is 31.5 Å². The van der Waals surface area contributed by atoms with E-state index in [2.05, 4.69) is 5.16 Å². The Labute approximate surface area is 129 Å². The molecule has 1 aliphatic rings.